The maximum Gasteiger partial charge on any atom is 0.254 e. The van der Waals surface area contributed by atoms with Crippen LogP contribution in [0.5, 0.6) is 5.75 Å². The summed E-state index contributed by atoms with van der Waals surface area (Å²) in [4.78, 5) is 28.1. The standard InChI is InChI=1S/C23H28N4O3/c1-17(28)26-10-12-27(13-11-26)22(29)18-8-9-21-20(14-18)25-23(2,16-30-21)15-24-19-6-4-3-5-7-19/h3-9,14,24-25H,10-13,15-16H2,1-2H3. The fourth-order valence-corrected chi connectivity index (χ4v) is 3.84. The molecule has 1 fully saturated rings. The molecule has 0 radical (unpaired) electrons. The Hall–Kier alpha value is -3.22. The number of ether oxygens (including phenoxy) is 1. The van der Waals surface area contributed by atoms with Crippen LogP contribution in [-0.2, 0) is 4.79 Å². The maximum atomic E-state index is 13.0. The zero-order chi connectivity index (χ0) is 21.1. The van der Waals surface area contributed by atoms with Gasteiger partial charge in [-0.05, 0) is 37.3 Å². The summed E-state index contributed by atoms with van der Waals surface area (Å²) in [6.45, 7) is 7.14. The Kier molecular flexibility index (Phi) is 5.53. The minimum absolute atomic E-state index is 0.0162. The number of piperazine rings is 1. The number of carbonyl (C=O) groups excluding carboxylic acids is 2. The third kappa shape index (κ3) is 4.35. The highest BCUT2D eigenvalue weighted by Crippen LogP contribution is 2.34. The summed E-state index contributed by atoms with van der Waals surface area (Å²) in [7, 11) is 0. The summed E-state index contributed by atoms with van der Waals surface area (Å²) in [5, 5.41) is 6.99. The Morgan fingerprint density at radius 3 is 2.47 bits per heavy atom. The average molecular weight is 409 g/mol. The number of fused-ring (bicyclic) bond motifs is 1. The van der Waals surface area contributed by atoms with E-state index in [0.717, 1.165) is 17.1 Å². The number of nitrogens with zero attached hydrogens (tertiary/aromatic N) is 2. The van der Waals surface area contributed by atoms with E-state index in [4.69, 9.17) is 4.74 Å². The van der Waals surface area contributed by atoms with Gasteiger partial charge in [0, 0.05) is 50.9 Å². The largest absolute Gasteiger partial charge is 0.489 e. The van der Waals surface area contributed by atoms with Crippen LogP contribution in [0, 0.1) is 0 Å². The summed E-state index contributed by atoms with van der Waals surface area (Å²) < 4.78 is 5.98. The van der Waals surface area contributed by atoms with E-state index in [-0.39, 0.29) is 17.4 Å². The average Bonchev–Trinajstić information content (AvgIpc) is 2.77. The lowest BCUT2D eigenvalue weighted by Gasteiger charge is -2.37. The molecule has 0 spiro atoms. The Balaban J connectivity index is 1.42. The van der Waals surface area contributed by atoms with Crippen molar-refractivity contribution in [1.29, 1.82) is 0 Å². The summed E-state index contributed by atoms with van der Waals surface area (Å²) in [6, 6.07) is 15.6. The smallest absolute Gasteiger partial charge is 0.254 e. The summed E-state index contributed by atoms with van der Waals surface area (Å²) >= 11 is 0. The van der Waals surface area contributed by atoms with E-state index >= 15 is 0 Å². The van der Waals surface area contributed by atoms with Gasteiger partial charge in [0.1, 0.15) is 12.4 Å². The highest BCUT2D eigenvalue weighted by molar-refractivity contribution is 5.96. The van der Waals surface area contributed by atoms with Crippen LogP contribution >= 0.6 is 0 Å². The molecular formula is C23H28N4O3. The Morgan fingerprint density at radius 1 is 1.07 bits per heavy atom. The van der Waals surface area contributed by atoms with Gasteiger partial charge in [-0.25, -0.2) is 0 Å². The van der Waals surface area contributed by atoms with Crippen molar-refractivity contribution in [1.82, 2.24) is 9.80 Å². The van der Waals surface area contributed by atoms with Crippen LogP contribution in [0.3, 0.4) is 0 Å². The van der Waals surface area contributed by atoms with E-state index in [1.54, 1.807) is 16.7 Å². The predicted molar refractivity (Wildman–Crippen MR) is 117 cm³/mol. The van der Waals surface area contributed by atoms with Gasteiger partial charge in [0.2, 0.25) is 5.91 Å². The van der Waals surface area contributed by atoms with E-state index in [0.29, 0.717) is 44.9 Å². The van der Waals surface area contributed by atoms with E-state index in [1.165, 1.54) is 0 Å². The first-order valence-corrected chi connectivity index (χ1v) is 10.3. The van der Waals surface area contributed by atoms with E-state index < -0.39 is 0 Å². The van der Waals surface area contributed by atoms with Crippen LogP contribution in [0.1, 0.15) is 24.2 Å². The van der Waals surface area contributed by atoms with Crippen molar-refractivity contribution in [3.8, 4) is 5.75 Å². The molecule has 158 valence electrons. The van der Waals surface area contributed by atoms with E-state index in [2.05, 4.69) is 17.6 Å². The fraction of sp³-hybridized carbons (Fsp3) is 0.391. The summed E-state index contributed by atoms with van der Waals surface area (Å²) in [5.41, 5.74) is 2.20. The summed E-state index contributed by atoms with van der Waals surface area (Å²) in [5.74, 6) is 0.795. The minimum Gasteiger partial charge on any atom is -0.489 e. The minimum atomic E-state index is -0.308. The second kappa shape index (κ2) is 8.26. The third-order valence-electron chi connectivity index (χ3n) is 5.68. The van der Waals surface area contributed by atoms with Gasteiger partial charge in [0.05, 0.1) is 11.2 Å². The number of rotatable bonds is 4. The second-order valence-corrected chi connectivity index (χ2v) is 8.20. The molecule has 1 unspecified atom stereocenters. The van der Waals surface area contributed by atoms with Gasteiger partial charge in [-0.2, -0.15) is 0 Å². The molecule has 2 N–H and O–H groups in total. The van der Waals surface area contributed by atoms with Gasteiger partial charge in [-0.1, -0.05) is 18.2 Å². The molecule has 2 amide bonds. The molecule has 4 rings (SSSR count). The number of carbonyl (C=O) groups is 2. The molecule has 0 aliphatic carbocycles. The molecule has 2 heterocycles. The maximum absolute atomic E-state index is 13.0. The Morgan fingerprint density at radius 2 is 1.77 bits per heavy atom. The molecule has 2 aliphatic rings. The topological polar surface area (TPSA) is 73.9 Å². The molecule has 0 bridgehead atoms. The number of para-hydroxylation sites is 1. The van der Waals surface area contributed by atoms with Crippen LogP contribution < -0.4 is 15.4 Å². The second-order valence-electron chi connectivity index (χ2n) is 8.20. The van der Waals surface area contributed by atoms with Crippen molar-refractivity contribution in [2.45, 2.75) is 19.4 Å². The van der Waals surface area contributed by atoms with Crippen molar-refractivity contribution >= 4 is 23.2 Å². The van der Waals surface area contributed by atoms with Crippen molar-refractivity contribution in [2.75, 3.05) is 50.0 Å². The molecule has 2 aromatic carbocycles. The molecule has 30 heavy (non-hydrogen) atoms. The van der Waals surface area contributed by atoms with E-state index in [9.17, 15) is 9.59 Å². The molecule has 0 saturated carbocycles. The first kappa shape index (κ1) is 20.1. The Bertz CT molecular complexity index is 925. The lowest BCUT2D eigenvalue weighted by molar-refractivity contribution is -0.130. The molecule has 7 nitrogen and oxygen atoms in total. The van der Waals surface area contributed by atoms with Gasteiger partial charge in [-0.15, -0.1) is 0 Å². The molecule has 1 atom stereocenters. The highest BCUT2D eigenvalue weighted by atomic mass is 16.5. The van der Waals surface area contributed by atoms with Gasteiger partial charge < -0.3 is 25.2 Å². The van der Waals surface area contributed by atoms with Gasteiger partial charge in [0.15, 0.2) is 0 Å². The number of benzene rings is 2. The fourth-order valence-electron chi connectivity index (χ4n) is 3.84. The summed E-state index contributed by atoms with van der Waals surface area (Å²) in [6.07, 6.45) is 0. The number of hydrogen-bond donors (Lipinski definition) is 2. The highest BCUT2D eigenvalue weighted by Gasteiger charge is 2.31. The van der Waals surface area contributed by atoms with Gasteiger partial charge >= 0.3 is 0 Å². The first-order chi connectivity index (χ1) is 14.4. The molecule has 1 saturated heterocycles. The quantitative estimate of drug-likeness (QED) is 0.814. The SMILES string of the molecule is CC(=O)N1CCN(C(=O)c2ccc3c(c2)NC(C)(CNc2ccccc2)CO3)CC1. The molecule has 0 aromatic heterocycles. The van der Waals surface area contributed by atoms with Crippen LogP contribution in [0.15, 0.2) is 48.5 Å². The molecular weight excluding hydrogens is 380 g/mol. The predicted octanol–water partition coefficient (Wildman–Crippen LogP) is 2.67. The van der Waals surface area contributed by atoms with Crippen LogP contribution in [0.2, 0.25) is 0 Å². The number of amides is 2. The van der Waals surface area contributed by atoms with E-state index in [1.807, 2.05) is 48.5 Å². The monoisotopic (exact) mass is 408 g/mol. The number of nitrogens with one attached hydrogen (secondary N) is 2. The van der Waals surface area contributed by atoms with Crippen LogP contribution in [0.4, 0.5) is 11.4 Å². The van der Waals surface area contributed by atoms with Crippen molar-refractivity contribution < 1.29 is 14.3 Å². The lowest BCUT2D eigenvalue weighted by Crippen LogP contribution is -2.50. The molecule has 2 aromatic rings. The zero-order valence-corrected chi connectivity index (χ0v) is 17.5. The van der Waals surface area contributed by atoms with Crippen LogP contribution in [0.25, 0.3) is 0 Å². The Labute approximate surface area is 177 Å². The molecule has 2 aliphatic heterocycles. The van der Waals surface area contributed by atoms with Crippen molar-refractivity contribution in [3.05, 3.63) is 54.1 Å². The number of hydrogen-bond acceptors (Lipinski definition) is 5. The van der Waals surface area contributed by atoms with Gasteiger partial charge in [-0.3, -0.25) is 9.59 Å². The zero-order valence-electron chi connectivity index (χ0n) is 17.5. The normalized spacial score (nSPS) is 20.6. The van der Waals surface area contributed by atoms with Crippen molar-refractivity contribution in [2.24, 2.45) is 0 Å². The lowest BCUT2D eigenvalue weighted by atomic mass is 10.00. The first-order valence-electron chi connectivity index (χ1n) is 10.3. The van der Waals surface area contributed by atoms with Crippen molar-refractivity contribution in [3.63, 3.8) is 0 Å². The van der Waals surface area contributed by atoms with Gasteiger partial charge in [0.25, 0.3) is 5.91 Å². The number of anilines is 2. The molecule has 7 heteroatoms. The van der Waals surface area contributed by atoms with Crippen LogP contribution in [-0.4, -0.2) is 66.5 Å². The third-order valence-corrected chi connectivity index (χ3v) is 5.68.